The van der Waals surface area contributed by atoms with Crippen molar-refractivity contribution < 1.29 is 52.5 Å². The molecule has 0 saturated carbocycles. The van der Waals surface area contributed by atoms with Crippen molar-refractivity contribution in [3.8, 4) is 0 Å². The van der Waals surface area contributed by atoms with Gasteiger partial charge in [0.2, 0.25) is 0 Å². The molecule has 1 rings (SSSR count). The van der Waals surface area contributed by atoms with Crippen molar-refractivity contribution in [1.29, 1.82) is 0 Å². The van der Waals surface area contributed by atoms with E-state index >= 15 is 0 Å². The molecule has 0 N–H and O–H groups in total. The summed E-state index contributed by atoms with van der Waals surface area (Å²) in [5, 5.41) is 12.9. The average Bonchev–Trinajstić information content (AvgIpc) is 3.40. The molecule has 0 aliphatic carbocycles. The predicted molar refractivity (Wildman–Crippen MR) is 170 cm³/mol. The fourth-order valence-electron chi connectivity index (χ4n) is 3.08. The van der Waals surface area contributed by atoms with E-state index in [-0.39, 0.29) is 26.2 Å². The summed E-state index contributed by atoms with van der Waals surface area (Å²) in [7, 11) is -4.92. The summed E-state index contributed by atoms with van der Waals surface area (Å²) in [5.74, 6) is -10.3. The molecule has 0 aliphatic rings. The minimum atomic E-state index is -5.16. The molecule has 11 heteroatoms. The molecule has 248 valence electrons. The third-order valence-electron chi connectivity index (χ3n) is 6.75. The van der Waals surface area contributed by atoms with Crippen LogP contribution in [0.1, 0.15) is 122 Å². The largest absolute Gasteiger partial charge is 4.00 e. The van der Waals surface area contributed by atoms with Crippen molar-refractivity contribution in [2.75, 3.05) is 0 Å². The minimum Gasteiger partial charge on any atom is -0.657 e. The van der Waals surface area contributed by atoms with Gasteiger partial charge in [-0.05, 0) is 0 Å². The Balaban J connectivity index is -0.000000233. The van der Waals surface area contributed by atoms with Crippen molar-refractivity contribution in [2.45, 2.75) is 169 Å². The van der Waals surface area contributed by atoms with Crippen molar-refractivity contribution in [1.82, 2.24) is 0 Å². The molecule has 1 aromatic carbocycles. The van der Waals surface area contributed by atoms with E-state index in [2.05, 4.69) is 99.0 Å². The molecule has 0 radical (unpaired) electrons. The number of hydrogen-bond acceptors (Lipinski definition) is 0. The fourth-order valence-corrected chi connectivity index (χ4v) is 4.81. The van der Waals surface area contributed by atoms with Gasteiger partial charge in [-0.2, -0.15) is 38.5 Å². The molecule has 0 aromatic heterocycles. The molecule has 42 heavy (non-hydrogen) atoms. The molecule has 6 unspecified atom stereocenters. The van der Waals surface area contributed by atoms with Crippen LogP contribution in [0, 0.1) is 0 Å². The Hall–Kier alpha value is -0.0900. The molecule has 6 atom stereocenters. The number of nitrogens with zero attached hydrogens (tertiary/aromatic N) is 3. The van der Waals surface area contributed by atoms with Crippen molar-refractivity contribution in [3.05, 3.63) is 40.2 Å². The number of halogens is 6. The molecular formula is C31H59F6N3SiZr. The summed E-state index contributed by atoms with van der Waals surface area (Å²) in [6, 6.07) is 7.43. The smallest absolute Gasteiger partial charge is 0.657 e. The summed E-state index contributed by atoms with van der Waals surface area (Å²) in [6.07, 6.45) is 7.03. The Kier molecular flexibility index (Phi) is 31.7. The van der Waals surface area contributed by atoms with E-state index in [1.807, 2.05) is 0 Å². The van der Waals surface area contributed by atoms with Crippen LogP contribution < -0.4 is 5.19 Å². The number of rotatable bonds is 13. The van der Waals surface area contributed by atoms with E-state index < -0.39 is 25.6 Å². The van der Waals surface area contributed by atoms with Crippen LogP contribution in [-0.4, -0.2) is 56.6 Å². The van der Waals surface area contributed by atoms with Crippen LogP contribution in [-0.2, 0) is 26.2 Å². The standard InChI is InChI=1S/3C8H18N.C7H5F6Si.Zr/c3*1-5-7(3)9-8(4)6-2;8-6(9,10)14(7(11,12)13)5-3-1-2-4-5;/h3*7-8H,5-6H2,1-4H3;1-4,14H;/q4*-1;+4. The van der Waals surface area contributed by atoms with Crippen LogP contribution >= 0.6 is 0 Å². The van der Waals surface area contributed by atoms with Gasteiger partial charge >= 0.3 is 37.8 Å². The Morgan fingerprint density at radius 3 is 0.833 bits per heavy atom. The van der Waals surface area contributed by atoms with Crippen LogP contribution in [0.25, 0.3) is 16.0 Å². The molecular weight excluding hydrogens is 648 g/mol. The van der Waals surface area contributed by atoms with Crippen LogP contribution in [0.2, 0.25) is 0 Å². The topological polar surface area (TPSA) is 42.3 Å². The molecule has 0 amide bonds. The zero-order valence-electron chi connectivity index (χ0n) is 28.2. The summed E-state index contributed by atoms with van der Waals surface area (Å²) in [5.41, 5.74) is 0. The maximum Gasteiger partial charge on any atom is 4.00 e. The third kappa shape index (κ3) is 27.5. The Morgan fingerprint density at radius 1 is 0.500 bits per heavy atom. The molecule has 0 saturated heterocycles. The third-order valence-corrected chi connectivity index (χ3v) is 9.11. The first-order valence-corrected chi connectivity index (χ1v) is 17.0. The molecule has 0 fully saturated rings. The van der Waals surface area contributed by atoms with Crippen LogP contribution in [0.15, 0.2) is 24.3 Å². The quantitative estimate of drug-likeness (QED) is 0.111. The molecule has 0 bridgehead atoms. The first kappa shape index (κ1) is 48.8. The second-order valence-corrected chi connectivity index (χ2v) is 13.6. The van der Waals surface area contributed by atoms with E-state index in [4.69, 9.17) is 0 Å². The van der Waals surface area contributed by atoms with Crippen LogP contribution in [0.5, 0.6) is 0 Å². The number of hydrogen-bond donors (Lipinski definition) is 0. The van der Waals surface area contributed by atoms with Gasteiger partial charge in [0.15, 0.2) is 0 Å². The van der Waals surface area contributed by atoms with E-state index in [0.717, 1.165) is 12.1 Å². The van der Waals surface area contributed by atoms with E-state index in [1.165, 1.54) is 50.7 Å². The first-order chi connectivity index (χ1) is 18.8. The van der Waals surface area contributed by atoms with E-state index in [1.54, 1.807) is 0 Å². The van der Waals surface area contributed by atoms with Crippen LogP contribution in [0.4, 0.5) is 26.3 Å². The van der Waals surface area contributed by atoms with Gasteiger partial charge in [-0.3, -0.25) is 0 Å². The van der Waals surface area contributed by atoms with Crippen molar-refractivity contribution >= 4 is 14.0 Å². The summed E-state index contributed by atoms with van der Waals surface area (Å²) >= 11 is 0. The minimum absolute atomic E-state index is 0. The second-order valence-electron chi connectivity index (χ2n) is 10.7. The van der Waals surface area contributed by atoms with Gasteiger partial charge in [0.25, 0.3) is 8.80 Å². The van der Waals surface area contributed by atoms with E-state index in [0.29, 0.717) is 36.3 Å². The van der Waals surface area contributed by atoms with Gasteiger partial charge in [0.1, 0.15) is 0 Å². The van der Waals surface area contributed by atoms with Crippen molar-refractivity contribution in [3.63, 3.8) is 0 Å². The fraction of sp³-hybridized carbons (Fsp3) is 0.839. The first-order valence-electron chi connectivity index (χ1n) is 15.3. The second kappa shape index (κ2) is 27.2. The Labute approximate surface area is 275 Å². The molecule has 3 nitrogen and oxygen atoms in total. The summed E-state index contributed by atoms with van der Waals surface area (Å²) in [6.45, 7) is 26.1. The molecule has 0 aliphatic heterocycles. The van der Waals surface area contributed by atoms with Gasteiger partial charge in [-0.25, -0.2) is 12.1 Å². The summed E-state index contributed by atoms with van der Waals surface area (Å²) < 4.78 is 72.7. The molecule has 0 heterocycles. The van der Waals surface area contributed by atoms with Gasteiger partial charge in [-0.15, -0.1) is 41.4 Å². The molecule has 0 spiro atoms. The SMILES string of the molecule is CCC(C)[N-]C(C)CC.CCC(C)[N-]C(C)CC.CCC(C)[N-]C(C)CC.FC(F)(F)[SiH]([c-]1cccc1)C(F)(F)F.[Zr+4]. The molecule has 1 aromatic rings. The van der Waals surface area contributed by atoms with Gasteiger partial charge in [0, 0.05) is 0 Å². The monoisotopic (exact) mass is 705 g/mol. The van der Waals surface area contributed by atoms with Crippen LogP contribution in [0.3, 0.4) is 0 Å². The predicted octanol–water partition coefficient (Wildman–Crippen LogP) is 10.9. The van der Waals surface area contributed by atoms with Gasteiger partial charge in [0.05, 0.1) is 0 Å². The maximum absolute atomic E-state index is 12.1. The maximum atomic E-state index is 12.1. The average molecular weight is 707 g/mol. The van der Waals surface area contributed by atoms with Gasteiger partial charge in [-0.1, -0.05) is 122 Å². The normalized spacial score (nSPS) is 15.7. The Morgan fingerprint density at radius 2 is 0.690 bits per heavy atom. The van der Waals surface area contributed by atoms with Gasteiger partial charge < -0.3 is 16.0 Å². The zero-order chi connectivity index (χ0) is 32.8. The zero-order valence-corrected chi connectivity index (χ0v) is 31.8. The van der Waals surface area contributed by atoms with Crippen molar-refractivity contribution in [2.24, 2.45) is 0 Å². The van der Waals surface area contributed by atoms with E-state index in [9.17, 15) is 26.3 Å². The Bertz CT molecular complexity index is 608. The number of alkyl halides is 6. The summed E-state index contributed by atoms with van der Waals surface area (Å²) in [4.78, 5) is 0.